The lowest BCUT2D eigenvalue weighted by atomic mass is 9.94. The number of ether oxygens (including phenoxy) is 1. The van der Waals surface area contributed by atoms with Crippen molar-refractivity contribution in [2.45, 2.75) is 49.6 Å². The number of benzene rings is 2. The summed E-state index contributed by atoms with van der Waals surface area (Å²) in [7, 11) is -2.23. The summed E-state index contributed by atoms with van der Waals surface area (Å²) in [5, 5.41) is 10.2. The van der Waals surface area contributed by atoms with Gasteiger partial charge in [-0.2, -0.15) is 13.2 Å². The number of aliphatic carboxylic acids is 1. The second kappa shape index (κ2) is 11.6. The maximum Gasteiger partial charge on any atom is 0.490 e. The molecule has 3 rings (SSSR count). The number of carboxylic acid groups (broad SMARTS) is 1. The zero-order valence-corrected chi connectivity index (χ0v) is 20.9. The van der Waals surface area contributed by atoms with E-state index in [1.165, 1.54) is 19.2 Å². The molecule has 0 saturated heterocycles. The molecule has 0 radical (unpaired) electrons. The molecule has 3 N–H and O–H groups in total. The Morgan fingerprint density at radius 1 is 1.11 bits per heavy atom. The van der Waals surface area contributed by atoms with E-state index in [1.54, 1.807) is 24.3 Å². The average Bonchev–Trinajstić information content (AvgIpc) is 3.61. The van der Waals surface area contributed by atoms with Crippen molar-refractivity contribution in [2.24, 2.45) is 5.92 Å². The Morgan fingerprint density at radius 2 is 1.69 bits per heavy atom. The number of carboxylic acids is 1. The highest BCUT2D eigenvalue weighted by molar-refractivity contribution is 7.92. The number of nitrogens with one attached hydrogen (secondary N) is 2. The number of carbonyl (C=O) groups excluding carboxylic acids is 1. The van der Waals surface area contributed by atoms with Gasteiger partial charge in [-0.1, -0.05) is 32.0 Å². The number of hydrogen-bond donors (Lipinski definition) is 3. The lowest BCUT2D eigenvalue weighted by Gasteiger charge is -2.17. The van der Waals surface area contributed by atoms with Crippen molar-refractivity contribution in [2.75, 3.05) is 18.4 Å². The molecule has 0 aromatic heterocycles. The molecular formula is C24H29F3N2O6S. The summed E-state index contributed by atoms with van der Waals surface area (Å²) in [6.45, 7) is 4.94. The molecule has 0 heterocycles. The maximum atomic E-state index is 12.6. The van der Waals surface area contributed by atoms with Crippen molar-refractivity contribution in [3.05, 3.63) is 54.1 Å². The van der Waals surface area contributed by atoms with Crippen LogP contribution >= 0.6 is 0 Å². The van der Waals surface area contributed by atoms with Crippen LogP contribution in [0.2, 0.25) is 0 Å². The molecule has 0 spiro atoms. The first-order chi connectivity index (χ1) is 16.7. The van der Waals surface area contributed by atoms with Crippen LogP contribution in [0.1, 0.15) is 38.7 Å². The molecule has 0 atom stereocenters. The van der Waals surface area contributed by atoms with Crippen molar-refractivity contribution in [3.8, 4) is 5.75 Å². The number of amides is 1. The lowest BCUT2D eigenvalue weighted by molar-refractivity contribution is -0.192. The molecular weight excluding hydrogens is 501 g/mol. The first kappa shape index (κ1) is 29.0. The molecule has 1 amide bonds. The van der Waals surface area contributed by atoms with Crippen molar-refractivity contribution >= 4 is 27.6 Å². The van der Waals surface area contributed by atoms with Gasteiger partial charge < -0.3 is 15.2 Å². The van der Waals surface area contributed by atoms with Gasteiger partial charge in [0, 0.05) is 18.3 Å². The topological polar surface area (TPSA) is 122 Å². The van der Waals surface area contributed by atoms with E-state index in [1.807, 2.05) is 12.1 Å². The quantitative estimate of drug-likeness (QED) is 0.444. The van der Waals surface area contributed by atoms with Crippen LogP contribution in [0.25, 0.3) is 0 Å². The molecule has 0 bridgehead atoms. The van der Waals surface area contributed by atoms with Gasteiger partial charge in [-0.15, -0.1) is 0 Å². The van der Waals surface area contributed by atoms with Gasteiger partial charge in [0.25, 0.3) is 10.0 Å². The maximum absolute atomic E-state index is 12.6. The number of halogens is 3. The molecule has 0 unspecified atom stereocenters. The Morgan fingerprint density at radius 3 is 2.17 bits per heavy atom. The summed E-state index contributed by atoms with van der Waals surface area (Å²) in [5.74, 6) is -1.68. The van der Waals surface area contributed by atoms with E-state index >= 15 is 0 Å². The molecule has 36 heavy (non-hydrogen) atoms. The minimum Gasteiger partial charge on any atom is -0.497 e. The van der Waals surface area contributed by atoms with E-state index in [0.29, 0.717) is 23.9 Å². The fourth-order valence-corrected chi connectivity index (χ4v) is 4.35. The molecule has 1 aliphatic rings. The van der Waals surface area contributed by atoms with E-state index in [9.17, 15) is 26.4 Å². The third-order valence-electron chi connectivity index (χ3n) is 5.48. The highest BCUT2D eigenvalue weighted by atomic mass is 32.2. The number of anilines is 1. The summed E-state index contributed by atoms with van der Waals surface area (Å²) in [6, 6.07) is 13.4. The van der Waals surface area contributed by atoms with Gasteiger partial charge in [-0.3, -0.25) is 9.52 Å². The predicted molar refractivity (Wildman–Crippen MR) is 127 cm³/mol. The van der Waals surface area contributed by atoms with E-state index in [0.717, 1.165) is 24.8 Å². The Labute approximate surface area is 207 Å². The molecule has 8 nitrogen and oxygen atoms in total. The zero-order valence-electron chi connectivity index (χ0n) is 20.1. The summed E-state index contributed by atoms with van der Waals surface area (Å²) in [4.78, 5) is 21.7. The van der Waals surface area contributed by atoms with Crippen LogP contribution in [0, 0.1) is 5.92 Å². The van der Waals surface area contributed by atoms with Crippen LogP contribution in [0.4, 0.5) is 18.9 Å². The van der Waals surface area contributed by atoms with Gasteiger partial charge in [0.2, 0.25) is 5.91 Å². The van der Waals surface area contributed by atoms with Gasteiger partial charge >= 0.3 is 12.1 Å². The Kier molecular flexibility index (Phi) is 9.36. The summed E-state index contributed by atoms with van der Waals surface area (Å²) >= 11 is 0. The normalized spacial score (nSPS) is 14.3. The summed E-state index contributed by atoms with van der Waals surface area (Å²) in [5.41, 5.74) is 0.901. The fourth-order valence-electron chi connectivity index (χ4n) is 3.26. The first-order valence-corrected chi connectivity index (χ1v) is 12.6. The Balaban J connectivity index is 0.000000572. The van der Waals surface area contributed by atoms with Gasteiger partial charge in [-0.05, 0) is 55.0 Å². The molecule has 1 fully saturated rings. The van der Waals surface area contributed by atoms with Crippen molar-refractivity contribution in [1.29, 1.82) is 0 Å². The number of rotatable bonds is 9. The SMILES string of the molecule is COc1cccc(S(=O)(=O)Nc2ccc(C3(C(=O)NCCC(C)C)CC3)cc2)c1.O=C(O)C(F)(F)F. The monoisotopic (exact) mass is 530 g/mol. The molecule has 1 saturated carbocycles. The number of hydrogen-bond acceptors (Lipinski definition) is 5. The fraction of sp³-hybridized carbons (Fsp3) is 0.417. The number of alkyl halides is 3. The van der Waals surface area contributed by atoms with Crippen molar-refractivity contribution in [3.63, 3.8) is 0 Å². The summed E-state index contributed by atoms with van der Waals surface area (Å²) in [6.07, 6.45) is -2.50. The zero-order chi connectivity index (χ0) is 27.1. The Bertz CT molecular complexity index is 1160. The Hall–Kier alpha value is -3.28. The molecule has 12 heteroatoms. The van der Waals surface area contributed by atoms with Crippen LogP contribution in [0.3, 0.4) is 0 Å². The third kappa shape index (κ3) is 7.87. The van der Waals surface area contributed by atoms with Gasteiger partial charge in [0.1, 0.15) is 5.75 Å². The standard InChI is InChI=1S/C22H28N2O4S.C2HF3O2/c1-16(2)11-14-23-21(25)22(12-13-22)17-7-9-18(10-8-17)24-29(26,27)20-6-4-5-19(15-20)28-3;3-2(4,5)1(6)7/h4-10,15-16,24H,11-14H2,1-3H3,(H,23,25);(H,6,7). The van der Waals surface area contributed by atoms with Gasteiger partial charge in [-0.25, -0.2) is 13.2 Å². The molecule has 2 aromatic carbocycles. The van der Waals surface area contributed by atoms with Crippen molar-refractivity contribution < 1.29 is 41.0 Å². The van der Waals surface area contributed by atoms with E-state index < -0.39 is 27.6 Å². The number of sulfonamides is 1. The average molecular weight is 531 g/mol. The van der Waals surface area contributed by atoms with Crippen LogP contribution in [0.5, 0.6) is 5.75 Å². The third-order valence-corrected chi connectivity index (χ3v) is 6.85. The first-order valence-electron chi connectivity index (χ1n) is 11.1. The second-order valence-corrected chi connectivity index (χ2v) is 10.4. The lowest BCUT2D eigenvalue weighted by Crippen LogP contribution is -2.35. The smallest absolute Gasteiger partial charge is 0.490 e. The molecule has 1 aliphatic carbocycles. The number of methoxy groups -OCH3 is 1. The minimum absolute atomic E-state index is 0.0582. The number of carbonyl (C=O) groups is 2. The highest BCUT2D eigenvalue weighted by Gasteiger charge is 2.51. The summed E-state index contributed by atoms with van der Waals surface area (Å²) < 4.78 is 64.6. The predicted octanol–water partition coefficient (Wildman–Crippen LogP) is 4.32. The molecule has 0 aliphatic heterocycles. The van der Waals surface area contributed by atoms with Crippen LogP contribution in [0.15, 0.2) is 53.4 Å². The largest absolute Gasteiger partial charge is 0.497 e. The van der Waals surface area contributed by atoms with E-state index in [2.05, 4.69) is 23.9 Å². The van der Waals surface area contributed by atoms with Gasteiger partial charge in [0.05, 0.1) is 17.4 Å². The van der Waals surface area contributed by atoms with Crippen LogP contribution < -0.4 is 14.8 Å². The molecule has 2 aromatic rings. The van der Waals surface area contributed by atoms with Crippen LogP contribution in [-0.2, 0) is 25.0 Å². The molecule has 198 valence electrons. The second-order valence-electron chi connectivity index (χ2n) is 8.69. The minimum atomic E-state index is -5.08. The van der Waals surface area contributed by atoms with E-state index in [4.69, 9.17) is 14.6 Å². The van der Waals surface area contributed by atoms with Gasteiger partial charge in [0.15, 0.2) is 0 Å². The van der Waals surface area contributed by atoms with Crippen LogP contribution in [-0.4, -0.2) is 45.2 Å². The van der Waals surface area contributed by atoms with E-state index in [-0.39, 0.29) is 10.8 Å². The highest BCUT2D eigenvalue weighted by Crippen LogP contribution is 2.48. The van der Waals surface area contributed by atoms with Crippen molar-refractivity contribution in [1.82, 2.24) is 5.32 Å².